The standard InChI is InChI=1S/C20H15BrN4O2S2/c1-12-6-8-13(9-7-12)25-18(27)14-4-2-3-5-15(14)23-20(25)28-11-17(26)24-19-22-10-16(21)29-19/h2-10H,11H2,1H3,(H,22,24,26). The molecule has 9 heteroatoms. The van der Waals surface area contributed by atoms with Crippen LogP contribution in [0.5, 0.6) is 0 Å². The van der Waals surface area contributed by atoms with Crippen LogP contribution < -0.4 is 10.9 Å². The van der Waals surface area contributed by atoms with E-state index in [1.807, 2.05) is 43.3 Å². The van der Waals surface area contributed by atoms with Gasteiger partial charge < -0.3 is 5.32 Å². The fourth-order valence-electron chi connectivity index (χ4n) is 2.73. The summed E-state index contributed by atoms with van der Waals surface area (Å²) in [6.45, 7) is 1.99. The third-order valence-electron chi connectivity index (χ3n) is 4.09. The highest BCUT2D eigenvalue weighted by atomic mass is 79.9. The Morgan fingerprint density at radius 2 is 1.97 bits per heavy atom. The number of fused-ring (bicyclic) bond motifs is 1. The number of carbonyl (C=O) groups is 1. The van der Waals surface area contributed by atoms with Crippen molar-refractivity contribution in [3.05, 3.63) is 74.4 Å². The molecule has 0 unspecified atom stereocenters. The third kappa shape index (κ3) is 4.42. The van der Waals surface area contributed by atoms with E-state index >= 15 is 0 Å². The zero-order valence-electron chi connectivity index (χ0n) is 15.3. The molecule has 0 radical (unpaired) electrons. The Morgan fingerprint density at radius 3 is 2.69 bits per heavy atom. The quantitative estimate of drug-likeness (QED) is 0.328. The molecule has 1 N–H and O–H groups in total. The number of para-hydroxylation sites is 1. The number of thiazole rings is 1. The van der Waals surface area contributed by atoms with Gasteiger partial charge in [0, 0.05) is 0 Å². The van der Waals surface area contributed by atoms with Gasteiger partial charge >= 0.3 is 0 Å². The Kier molecular flexibility index (Phi) is 5.79. The van der Waals surface area contributed by atoms with Crippen molar-refractivity contribution in [2.24, 2.45) is 0 Å². The zero-order valence-corrected chi connectivity index (χ0v) is 18.5. The van der Waals surface area contributed by atoms with Crippen LogP contribution in [0.15, 0.2) is 68.5 Å². The number of halogens is 1. The SMILES string of the molecule is Cc1ccc(-n2c(SCC(=O)Nc3ncc(Br)s3)nc3ccccc3c2=O)cc1. The Labute approximate surface area is 183 Å². The number of anilines is 1. The van der Waals surface area contributed by atoms with Gasteiger partial charge in [-0.1, -0.05) is 52.9 Å². The first-order chi connectivity index (χ1) is 14.0. The summed E-state index contributed by atoms with van der Waals surface area (Å²) in [5.74, 6) is -0.108. The number of aryl methyl sites for hydroxylation is 1. The maximum Gasteiger partial charge on any atom is 0.266 e. The van der Waals surface area contributed by atoms with E-state index in [4.69, 9.17) is 0 Å². The molecule has 2 aromatic carbocycles. The molecule has 0 aliphatic carbocycles. The number of hydrogen-bond donors (Lipinski definition) is 1. The van der Waals surface area contributed by atoms with E-state index in [-0.39, 0.29) is 17.2 Å². The molecule has 29 heavy (non-hydrogen) atoms. The largest absolute Gasteiger partial charge is 0.301 e. The van der Waals surface area contributed by atoms with Crippen LogP contribution in [0.1, 0.15) is 5.56 Å². The van der Waals surface area contributed by atoms with Gasteiger partial charge in [-0.2, -0.15) is 0 Å². The van der Waals surface area contributed by atoms with E-state index in [2.05, 4.69) is 31.2 Å². The maximum atomic E-state index is 13.2. The van der Waals surface area contributed by atoms with Gasteiger partial charge in [-0.25, -0.2) is 9.97 Å². The number of amides is 1. The lowest BCUT2D eigenvalue weighted by Gasteiger charge is -2.13. The normalized spacial score (nSPS) is 11.0. The van der Waals surface area contributed by atoms with Crippen molar-refractivity contribution < 1.29 is 4.79 Å². The third-order valence-corrected chi connectivity index (χ3v) is 6.42. The predicted octanol–water partition coefficient (Wildman–Crippen LogP) is 4.64. The highest BCUT2D eigenvalue weighted by Crippen LogP contribution is 2.25. The topological polar surface area (TPSA) is 76.9 Å². The van der Waals surface area contributed by atoms with Crippen LogP contribution in [0.4, 0.5) is 5.13 Å². The summed E-state index contributed by atoms with van der Waals surface area (Å²) in [5.41, 5.74) is 2.25. The summed E-state index contributed by atoms with van der Waals surface area (Å²) in [6, 6.07) is 14.9. The van der Waals surface area contributed by atoms with E-state index in [1.165, 1.54) is 23.1 Å². The van der Waals surface area contributed by atoms with Crippen molar-refractivity contribution in [2.75, 3.05) is 11.1 Å². The molecule has 0 aliphatic rings. The van der Waals surface area contributed by atoms with Crippen LogP contribution in [0.25, 0.3) is 16.6 Å². The first-order valence-corrected chi connectivity index (χ1v) is 11.2. The van der Waals surface area contributed by atoms with Gasteiger partial charge in [-0.3, -0.25) is 14.2 Å². The molecule has 146 valence electrons. The number of carbonyl (C=O) groups excluding carboxylic acids is 1. The number of nitrogens with one attached hydrogen (secondary N) is 1. The molecular formula is C20H15BrN4O2S2. The smallest absolute Gasteiger partial charge is 0.266 e. The summed E-state index contributed by atoms with van der Waals surface area (Å²) in [7, 11) is 0. The van der Waals surface area contributed by atoms with Crippen molar-refractivity contribution in [3.63, 3.8) is 0 Å². The minimum Gasteiger partial charge on any atom is -0.301 e. The molecule has 0 fully saturated rings. The Balaban J connectivity index is 1.68. The fourth-order valence-corrected chi connectivity index (χ4v) is 4.66. The Bertz CT molecular complexity index is 1250. The van der Waals surface area contributed by atoms with Crippen molar-refractivity contribution in [3.8, 4) is 5.69 Å². The predicted molar refractivity (Wildman–Crippen MR) is 121 cm³/mol. The van der Waals surface area contributed by atoms with E-state index in [9.17, 15) is 9.59 Å². The molecule has 0 atom stereocenters. The summed E-state index contributed by atoms with van der Waals surface area (Å²) in [6.07, 6.45) is 1.63. The van der Waals surface area contributed by atoms with Gasteiger partial charge in [-0.15, -0.1) is 0 Å². The minimum atomic E-state index is -0.213. The molecule has 1 amide bonds. The van der Waals surface area contributed by atoms with Crippen LogP contribution in [0, 0.1) is 6.92 Å². The highest BCUT2D eigenvalue weighted by molar-refractivity contribution is 9.11. The summed E-state index contributed by atoms with van der Waals surface area (Å²) in [4.78, 5) is 34.3. The first kappa shape index (κ1) is 19.8. The van der Waals surface area contributed by atoms with Gasteiger partial charge in [0.15, 0.2) is 10.3 Å². The molecule has 4 rings (SSSR count). The molecule has 0 aliphatic heterocycles. The number of aromatic nitrogens is 3. The van der Waals surface area contributed by atoms with Crippen LogP contribution in [-0.2, 0) is 4.79 Å². The number of thioether (sulfide) groups is 1. The average Bonchev–Trinajstić information content (AvgIpc) is 3.12. The second-order valence-corrected chi connectivity index (χ2v) is 9.55. The van der Waals surface area contributed by atoms with Crippen LogP contribution in [-0.4, -0.2) is 26.2 Å². The molecule has 6 nitrogen and oxygen atoms in total. The lowest BCUT2D eigenvalue weighted by Crippen LogP contribution is -2.23. The van der Waals surface area contributed by atoms with Crippen molar-refractivity contribution in [1.82, 2.24) is 14.5 Å². The summed E-state index contributed by atoms with van der Waals surface area (Å²) >= 11 is 5.87. The van der Waals surface area contributed by atoms with Gasteiger partial charge in [-0.05, 0) is 47.1 Å². The van der Waals surface area contributed by atoms with Crippen LogP contribution in [0.3, 0.4) is 0 Å². The van der Waals surface area contributed by atoms with E-state index in [0.717, 1.165) is 9.35 Å². The summed E-state index contributed by atoms with van der Waals surface area (Å²) < 4.78 is 2.39. The second-order valence-electron chi connectivity index (χ2n) is 6.19. The van der Waals surface area contributed by atoms with Gasteiger partial charge in [0.25, 0.3) is 5.56 Å². The molecule has 0 spiro atoms. The number of benzene rings is 2. The Hall–Kier alpha value is -2.49. The van der Waals surface area contributed by atoms with E-state index < -0.39 is 0 Å². The first-order valence-electron chi connectivity index (χ1n) is 8.64. The van der Waals surface area contributed by atoms with Crippen molar-refractivity contribution in [1.29, 1.82) is 0 Å². The Morgan fingerprint density at radius 1 is 1.21 bits per heavy atom. The van der Waals surface area contributed by atoms with Crippen molar-refractivity contribution >= 4 is 61.0 Å². The van der Waals surface area contributed by atoms with Gasteiger partial charge in [0.2, 0.25) is 5.91 Å². The molecule has 0 saturated heterocycles. The van der Waals surface area contributed by atoms with Gasteiger partial charge in [0.05, 0.1) is 32.3 Å². The van der Waals surface area contributed by atoms with Crippen LogP contribution in [0.2, 0.25) is 0 Å². The lowest BCUT2D eigenvalue weighted by molar-refractivity contribution is -0.113. The van der Waals surface area contributed by atoms with E-state index in [1.54, 1.807) is 22.9 Å². The zero-order chi connectivity index (χ0) is 20.4. The van der Waals surface area contributed by atoms with Crippen LogP contribution >= 0.6 is 39.0 Å². The van der Waals surface area contributed by atoms with Gasteiger partial charge in [0.1, 0.15) is 0 Å². The molecular weight excluding hydrogens is 472 g/mol. The van der Waals surface area contributed by atoms with Crippen molar-refractivity contribution in [2.45, 2.75) is 12.1 Å². The summed E-state index contributed by atoms with van der Waals surface area (Å²) in [5, 5.41) is 4.27. The maximum absolute atomic E-state index is 13.2. The number of rotatable bonds is 5. The van der Waals surface area contributed by atoms with E-state index in [0.29, 0.717) is 26.9 Å². The minimum absolute atomic E-state index is 0.105. The second kappa shape index (κ2) is 8.48. The molecule has 4 aromatic rings. The molecule has 2 aromatic heterocycles. The molecule has 0 bridgehead atoms. The number of hydrogen-bond acceptors (Lipinski definition) is 6. The highest BCUT2D eigenvalue weighted by Gasteiger charge is 2.15. The number of nitrogens with zero attached hydrogens (tertiary/aromatic N) is 3. The monoisotopic (exact) mass is 486 g/mol. The average molecular weight is 487 g/mol. The fraction of sp³-hybridized carbons (Fsp3) is 0.100. The lowest BCUT2D eigenvalue weighted by atomic mass is 10.2. The molecule has 0 saturated carbocycles. The molecule has 2 heterocycles.